The zero-order valence-corrected chi connectivity index (χ0v) is 22.9. The zero-order chi connectivity index (χ0) is 27.9. The summed E-state index contributed by atoms with van der Waals surface area (Å²) in [5.74, 6) is 1.24. The highest BCUT2D eigenvalue weighted by atomic mass is 16.5. The molecule has 39 heavy (non-hydrogen) atoms. The van der Waals surface area contributed by atoms with E-state index in [2.05, 4.69) is 15.3 Å². The van der Waals surface area contributed by atoms with Gasteiger partial charge in [-0.3, -0.25) is 4.79 Å². The van der Waals surface area contributed by atoms with Crippen LogP contribution in [0.5, 0.6) is 5.88 Å². The van der Waals surface area contributed by atoms with E-state index in [1.54, 1.807) is 36.5 Å². The van der Waals surface area contributed by atoms with Gasteiger partial charge in [0.2, 0.25) is 11.8 Å². The van der Waals surface area contributed by atoms with Crippen molar-refractivity contribution in [3.8, 4) is 5.88 Å². The Balaban J connectivity index is 1.48. The molecule has 11 nitrogen and oxygen atoms in total. The fourth-order valence-electron chi connectivity index (χ4n) is 4.96. The average molecular weight is 535 g/mol. The molecule has 0 spiro atoms. The molecule has 3 aromatic rings. The van der Waals surface area contributed by atoms with E-state index >= 15 is 0 Å². The summed E-state index contributed by atoms with van der Waals surface area (Å²) in [6.07, 6.45) is 3.48. The van der Waals surface area contributed by atoms with Crippen molar-refractivity contribution < 1.29 is 23.8 Å². The van der Waals surface area contributed by atoms with Crippen LogP contribution in [-0.4, -0.2) is 70.7 Å². The third kappa shape index (κ3) is 5.11. The number of pyridine rings is 3. The first-order valence-electron chi connectivity index (χ1n) is 13.1. The van der Waals surface area contributed by atoms with E-state index in [-0.39, 0.29) is 36.6 Å². The van der Waals surface area contributed by atoms with Gasteiger partial charge in [0.25, 0.3) is 0 Å². The minimum Gasteiger partial charge on any atom is -0.470 e. The minimum absolute atomic E-state index is 0.0385. The predicted octanol–water partition coefficient (Wildman–Crippen LogP) is 3.25. The molecule has 1 fully saturated rings. The smallest absolute Gasteiger partial charge is 0.340 e. The Morgan fingerprint density at radius 3 is 2.69 bits per heavy atom. The van der Waals surface area contributed by atoms with Gasteiger partial charge in [0, 0.05) is 37.4 Å². The van der Waals surface area contributed by atoms with E-state index in [9.17, 15) is 9.59 Å². The van der Waals surface area contributed by atoms with Crippen LogP contribution in [0.4, 0.5) is 11.6 Å². The highest BCUT2D eigenvalue weighted by molar-refractivity contribution is 5.93. The second-order valence-electron chi connectivity index (χ2n) is 10.5. The Morgan fingerprint density at radius 1 is 1.21 bits per heavy atom. The molecular weight excluding hydrogens is 500 g/mol. The highest BCUT2D eigenvalue weighted by Crippen LogP contribution is 2.35. The number of amides is 1. The van der Waals surface area contributed by atoms with Gasteiger partial charge in [0.15, 0.2) is 0 Å². The van der Waals surface area contributed by atoms with Crippen molar-refractivity contribution in [2.75, 3.05) is 32.1 Å². The standard InChI is InChI=1S/C28H34N6O5/c1-6-24(35)34-12-17(13-34)39-26-20-10-30-23(9-19(20)21(11-31-26)28(4,29)14-37-5)32-22-8-7-18-25(33-22)15(2)16(3)38-27(18)36/h7-11,15-17H,6,12-14,29H2,1-5H3,(H,30,32,33)/t15-,16-,28+/m0/s1. The van der Waals surface area contributed by atoms with Crippen molar-refractivity contribution in [1.82, 2.24) is 19.9 Å². The molecule has 0 radical (unpaired) electrons. The van der Waals surface area contributed by atoms with Crippen molar-refractivity contribution in [2.45, 2.75) is 57.8 Å². The number of aromatic nitrogens is 3. The van der Waals surface area contributed by atoms with Crippen molar-refractivity contribution in [1.29, 1.82) is 0 Å². The molecule has 11 heteroatoms. The minimum atomic E-state index is -0.825. The molecule has 0 unspecified atom stereocenters. The van der Waals surface area contributed by atoms with Crippen molar-refractivity contribution in [3.05, 3.63) is 47.4 Å². The predicted molar refractivity (Wildman–Crippen MR) is 145 cm³/mol. The zero-order valence-electron chi connectivity index (χ0n) is 22.9. The van der Waals surface area contributed by atoms with Crippen molar-refractivity contribution >= 4 is 34.3 Å². The number of methoxy groups -OCH3 is 1. The molecule has 5 rings (SSSR count). The number of ether oxygens (including phenoxy) is 3. The van der Waals surface area contributed by atoms with Crippen LogP contribution in [0.1, 0.15) is 61.6 Å². The molecule has 1 amide bonds. The molecular formula is C28H34N6O5. The Kier molecular flexibility index (Phi) is 7.13. The summed E-state index contributed by atoms with van der Waals surface area (Å²) in [4.78, 5) is 39.9. The molecule has 5 heterocycles. The molecule has 3 atom stereocenters. The van der Waals surface area contributed by atoms with Crippen LogP contribution >= 0.6 is 0 Å². The maximum Gasteiger partial charge on any atom is 0.340 e. The van der Waals surface area contributed by atoms with Crippen molar-refractivity contribution in [2.24, 2.45) is 5.73 Å². The quantitative estimate of drug-likeness (QED) is 0.414. The Bertz CT molecular complexity index is 1420. The number of cyclic esters (lactones) is 1. The largest absolute Gasteiger partial charge is 0.470 e. The molecule has 1 saturated heterocycles. The Morgan fingerprint density at radius 2 is 1.97 bits per heavy atom. The number of fused-ring (bicyclic) bond motifs is 2. The van der Waals surface area contributed by atoms with Gasteiger partial charge in [0.05, 0.1) is 41.9 Å². The maximum atomic E-state index is 12.3. The topological polar surface area (TPSA) is 142 Å². The number of hydrogen-bond acceptors (Lipinski definition) is 10. The van der Waals surface area contributed by atoms with Gasteiger partial charge in [0.1, 0.15) is 23.8 Å². The lowest BCUT2D eigenvalue weighted by molar-refractivity contribution is -0.139. The van der Waals surface area contributed by atoms with Crippen LogP contribution < -0.4 is 15.8 Å². The number of rotatable bonds is 8. The average Bonchev–Trinajstić information content (AvgIpc) is 2.88. The first kappa shape index (κ1) is 26.8. The van der Waals surface area contributed by atoms with E-state index in [1.807, 2.05) is 33.8 Å². The fourth-order valence-corrected chi connectivity index (χ4v) is 4.96. The summed E-state index contributed by atoms with van der Waals surface area (Å²) in [5, 5.41) is 4.78. The molecule has 2 aliphatic rings. The summed E-state index contributed by atoms with van der Waals surface area (Å²) in [6, 6.07) is 5.34. The lowest BCUT2D eigenvalue weighted by Gasteiger charge is -2.38. The van der Waals surface area contributed by atoms with Crippen LogP contribution in [0.2, 0.25) is 0 Å². The number of nitrogens with two attached hydrogens (primary N) is 1. The van der Waals surface area contributed by atoms with E-state index in [4.69, 9.17) is 24.9 Å². The summed E-state index contributed by atoms with van der Waals surface area (Å²) >= 11 is 0. The summed E-state index contributed by atoms with van der Waals surface area (Å²) in [6.45, 7) is 8.91. The molecule has 3 N–H and O–H groups in total. The van der Waals surface area contributed by atoms with Gasteiger partial charge in [-0.2, -0.15) is 0 Å². The number of carbonyl (C=O) groups is 2. The molecule has 2 aliphatic heterocycles. The van der Waals surface area contributed by atoms with Crippen LogP contribution in [0.3, 0.4) is 0 Å². The first-order valence-corrected chi connectivity index (χ1v) is 13.1. The molecule has 0 saturated carbocycles. The highest BCUT2D eigenvalue weighted by Gasteiger charge is 2.34. The Hall–Kier alpha value is -3.83. The van der Waals surface area contributed by atoms with Gasteiger partial charge in [-0.1, -0.05) is 13.8 Å². The van der Waals surface area contributed by atoms with Crippen LogP contribution in [-0.2, 0) is 19.8 Å². The molecule has 0 aliphatic carbocycles. The second-order valence-corrected chi connectivity index (χ2v) is 10.5. The maximum absolute atomic E-state index is 12.3. The lowest BCUT2D eigenvalue weighted by atomic mass is 9.91. The monoisotopic (exact) mass is 534 g/mol. The van der Waals surface area contributed by atoms with Gasteiger partial charge in [-0.15, -0.1) is 0 Å². The van der Waals surface area contributed by atoms with E-state index < -0.39 is 5.54 Å². The third-order valence-electron chi connectivity index (χ3n) is 7.41. The normalized spacial score (nSPS) is 20.6. The number of esters is 1. The first-order chi connectivity index (χ1) is 18.6. The van der Waals surface area contributed by atoms with E-state index in [1.165, 1.54) is 0 Å². The number of anilines is 2. The SMILES string of the molecule is CCC(=O)N1CC(Oc2ncc([C@](C)(N)COC)c3cc(Nc4ccc5c(n4)[C@@H](C)[C@H](C)OC5=O)ncc23)C1. The number of nitrogens with zero attached hydrogens (tertiary/aromatic N) is 4. The van der Waals surface area contributed by atoms with E-state index in [0.717, 1.165) is 10.9 Å². The summed E-state index contributed by atoms with van der Waals surface area (Å²) in [7, 11) is 1.60. The van der Waals surface area contributed by atoms with Crippen LogP contribution in [0.25, 0.3) is 10.8 Å². The van der Waals surface area contributed by atoms with Gasteiger partial charge < -0.3 is 30.2 Å². The molecule has 0 aromatic carbocycles. The number of carbonyl (C=O) groups excluding carboxylic acids is 2. The summed E-state index contributed by atoms with van der Waals surface area (Å²) in [5.41, 5.74) is 7.76. The third-order valence-corrected chi connectivity index (χ3v) is 7.41. The number of nitrogens with one attached hydrogen (secondary N) is 1. The molecule has 206 valence electrons. The van der Waals surface area contributed by atoms with Crippen molar-refractivity contribution in [3.63, 3.8) is 0 Å². The van der Waals surface area contributed by atoms with Crippen LogP contribution in [0, 0.1) is 0 Å². The number of likely N-dealkylation sites (tertiary alicyclic amines) is 1. The van der Waals surface area contributed by atoms with E-state index in [0.29, 0.717) is 53.7 Å². The summed E-state index contributed by atoms with van der Waals surface area (Å²) < 4.78 is 17.0. The van der Waals surface area contributed by atoms with Gasteiger partial charge in [-0.25, -0.2) is 19.7 Å². The molecule has 0 bridgehead atoms. The number of hydrogen-bond donors (Lipinski definition) is 2. The van der Waals surface area contributed by atoms with Gasteiger partial charge in [-0.05, 0) is 37.4 Å². The lowest BCUT2D eigenvalue weighted by Crippen LogP contribution is -2.56. The second kappa shape index (κ2) is 10.4. The Labute approximate surface area is 227 Å². The van der Waals surface area contributed by atoms with Crippen LogP contribution in [0.15, 0.2) is 30.6 Å². The fraction of sp³-hybridized carbons (Fsp3) is 0.464. The molecule has 3 aromatic heterocycles. The van der Waals surface area contributed by atoms with Gasteiger partial charge >= 0.3 is 5.97 Å².